The number of hydrogen-bond donors (Lipinski definition) is 1. The summed E-state index contributed by atoms with van der Waals surface area (Å²) in [4.78, 5) is 1.04. The average molecular weight is 295 g/mol. The van der Waals surface area contributed by atoms with E-state index < -0.39 is 0 Å². The zero-order valence-electron chi connectivity index (χ0n) is 11.8. The summed E-state index contributed by atoms with van der Waals surface area (Å²) in [5.41, 5.74) is 1.82. The van der Waals surface area contributed by atoms with Gasteiger partial charge in [-0.1, -0.05) is 23.9 Å². The van der Waals surface area contributed by atoms with Crippen LogP contribution in [0.25, 0.3) is 0 Å². The molecule has 0 radical (unpaired) electrons. The fourth-order valence-electron chi connectivity index (χ4n) is 2.16. The van der Waals surface area contributed by atoms with Gasteiger partial charge in [-0.25, -0.2) is 4.39 Å². The van der Waals surface area contributed by atoms with Crippen molar-refractivity contribution in [2.45, 2.75) is 25.8 Å². The van der Waals surface area contributed by atoms with Crippen LogP contribution in [0.15, 0.2) is 18.2 Å². The van der Waals surface area contributed by atoms with E-state index in [0.29, 0.717) is 0 Å². The minimum Gasteiger partial charge on any atom is -0.494 e. The zero-order valence-corrected chi connectivity index (χ0v) is 12.6. The van der Waals surface area contributed by atoms with Crippen molar-refractivity contribution in [3.8, 4) is 5.75 Å². The second-order valence-corrected chi connectivity index (χ2v) is 5.24. The largest absolute Gasteiger partial charge is 0.494 e. The molecule has 6 heteroatoms. The number of aryl methyl sites for hydroxylation is 1. The van der Waals surface area contributed by atoms with Gasteiger partial charge in [-0.15, -0.1) is 5.10 Å². The second-order valence-electron chi connectivity index (χ2n) is 4.45. The second kappa shape index (κ2) is 6.76. The lowest BCUT2D eigenvalue weighted by atomic mass is 10.0. The molecule has 0 aliphatic heterocycles. The third kappa shape index (κ3) is 2.96. The van der Waals surface area contributed by atoms with E-state index in [0.717, 1.165) is 29.0 Å². The van der Waals surface area contributed by atoms with Gasteiger partial charge < -0.3 is 10.1 Å². The number of hydrogen-bond acceptors (Lipinski definition) is 5. The standard InChI is InChI=1S/C14H18FN3OS/c1-4-5-11-14(20-18-17-11)13(16-2)9-6-7-12(19-3)10(15)8-9/h6-8,13,16H,4-5H2,1-3H3. The molecule has 0 amide bonds. The Bertz CT molecular complexity index is 573. The minimum absolute atomic E-state index is 0.100. The molecule has 0 aliphatic rings. The van der Waals surface area contributed by atoms with E-state index in [1.165, 1.54) is 24.7 Å². The van der Waals surface area contributed by atoms with Gasteiger partial charge >= 0.3 is 0 Å². The van der Waals surface area contributed by atoms with E-state index in [1.54, 1.807) is 6.07 Å². The molecule has 20 heavy (non-hydrogen) atoms. The van der Waals surface area contributed by atoms with E-state index in [9.17, 15) is 4.39 Å². The molecule has 0 aliphatic carbocycles. The van der Waals surface area contributed by atoms with Crippen molar-refractivity contribution < 1.29 is 9.13 Å². The van der Waals surface area contributed by atoms with Gasteiger partial charge in [0.05, 0.1) is 23.7 Å². The smallest absolute Gasteiger partial charge is 0.165 e. The molecule has 1 heterocycles. The number of ether oxygens (including phenoxy) is 1. The van der Waals surface area contributed by atoms with Crippen molar-refractivity contribution >= 4 is 11.5 Å². The molecule has 1 aromatic carbocycles. The van der Waals surface area contributed by atoms with Gasteiger partial charge in [-0.3, -0.25) is 0 Å². The fraction of sp³-hybridized carbons (Fsp3) is 0.429. The predicted octanol–water partition coefficient (Wildman–Crippen LogP) is 2.95. The molecule has 1 N–H and O–H groups in total. The van der Waals surface area contributed by atoms with Gasteiger partial charge in [0.15, 0.2) is 11.6 Å². The molecule has 0 bridgehead atoms. The number of nitrogens with zero attached hydrogens (tertiary/aromatic N) is 2. The van der Waals surface area contributed by atoms with Crippen molar-refractivity contribution in [2.75, 3.05) is 14.2 Å². The summed E-state index contributed by atoms with van der Waals surface area (Å²) in [5, 5.41) is 7.37. The first-order valence-corrected chi connectivity index (χ1v) is 7.30. The van der Waals surface area contributed by atoms with Crippen molar-refractivity contribution in [1.29, 1.82) is 0 Å². The Labute approximate surface area is 122 Å². The van der Waals surface area contributed by atoms with Gasteiger partial charge in [-0.2, -0.15) is 0 Å². The summed E-state index contributed by atoms with van der Waals surface area (Å²) in [6.07, 6.45) is 1.88. The summed E-state index contributed by atoms with van der Waals surface area (Å²) in [5.74, 6) is -0.111. The van der Waals surface area contributed by atoms with Crippen LogP contribution in [-0.4, -0.2) is 23.7 Å². The molecule has 1 atom stereocenters. The van der Waals surface area contributed by atoms with Crippen LogP contribution in [0, 0.1) is 5.82 Å². The SMILES string of the molecule is CCCc1nnsc1C(NC)c1ccc(OC)c(F)c1. The molecule has 0 spiro atoms. The fourth-order valence-corrected chi connectivity index (χ4v) is 2.99. The third-order valence-electron chi connectivity index (χ3n) is 3.13. The first-order chi connectivity index (χ1) is 9.71. The number of halogens is 1. The number of aromatic nitrogens is 2. The first-order valence-electron chi connectivity index (χ1n) is 6.53. The van der Waals surface area contributed by atoms with Crippen LogP contribution in [-0.2, 0) is 6.42 Å². The van der Waals surface area contributed by atoms with Crippen LogP contribution in [0.4, 0.5) is 4.39 Å². The maximum atomic E-state index is 13.9. The quantitative estimate of drug-likeness (QED) is 0.890. The molecule has 0 saturated carbocycles. The highest BCUT2D eigenvalue weighted by Gasteiger charge is 2.20. The highest BCUT2D eigenvalue weighted by atomic mass is 32.1. The van der Waals surface area contributed by atoms with Crippen molar-refractivity contribution in [1.82, 2.24) is 14.9 Å². The van der Waals surface area contributed by atoms with Crippen LogP contribution in [0.2, 0.25) is 0 Å². The first kappa shape index (κ1) is 14.9. The van der Waals surface area contributed by atoms with Crippen LogP contribution in [0.5, 0.6) is 5.75 Å². The highest BCUT2D eigenvalue weighted by Crippen LogP contribution is 2.30. The molecule has 2 rings (SSSR count). The van der Waals surface area contributed by atoms with E-state index in [4.69, 9.17) is 4.74 Å². The predicted molar refractivity (Wildman–Crippen MR) is 77.8 cm³/mol. The lowest BCUT2D eigenvalue weighted by molar-refractivity contribution is 0.386. The van der Waals surface area contributed by atoms with Crippen LogP contribution in [0.1, 0.15) is 35.5 Å². The van der Waals surface area contributed by atoms with E-state index >= 15 is 0 Å². The average Bonchev–Trinajstić information content (AvgIpc) is 2.89. The Balaban J connectivity index is 2.36. The van der Waals surface area contributed by atoms with Gasteiger partial charge in [0.1, 0.15) is 0 Å². The number of nitrogens with one attached hydrogen (secondary N) is 1. The summed E-state index contributed by atoms with van der Waals surface area (Å²) < 4.78 is 22.8. The Kier molecular flexibility index (Phi) is 5.03. The maximum absolute atomic E-state index is 13.9. The normalized spacial score (nSPS) is 12.4. The maximum Gasteiger partial charge on any atom is 0.165 e. The minimum atomic E-state index is -0.361. The molecular formula is C14H18FN3OS. The molecule has 1 aromatic heterocycles. The summed E-state index contributed by atoms with van der Waals surface area (Å²) in [7, 11) is 3.31. The van der Waals surface area contributed by atoms with Gasteiger partial charge in [0.2, 0.25) is 0 Å². The van der Waals surface area contributed by atoms with E-state index in [1.807, 2.05) is 13.1 Å². The van der Waals surface area contributed by atoms with Gasteiger partial charge in [0.25, 0.3) is 0 Å². The topological polar surface area (TPSA) is 47.0 Å². The Morgan fingerprint density at radius 3 is 2.85 bits per heavy atom. The van der Waals surface area contributed by atoms with Gasteiger partial charge in [0, 0.05) is 0 Å². The lowest BCUT2D eigenvalue weighted by Crippen LogP contribution is -2.18. The van der Waals surface area contributed by atoms with Crippen molar-refractivity contribution in [3.63, 3.8) is 0 Å². The number of methoxy groups -OCH3 is 1. The third-order valence-corrected chi connectivity index (χ3v) is 3.96. The summed E-state index contributed by atoms with van der Waals surface area (Å²) in [6, 6.07) is 4.90. The number of rotatable bonds is 6. The van der Waals surface area contributed by atoms with Crippen molar-refractivity contribution in [3.05, 3.63) is 40.2 Å². The Hall–Kier alpha value is -1.53. The lowest BCUT2D eigenvalue weighted by Gasteiger charge is -2.16. The van der Waals surface area contributed by atoms with E-state index in [-0.39, 0.29) is 17.6 Å². The number of benzene rings is 1. The molecule has 0 saturated heterocycles. The van der Waals surface area contributed by atoms with Crippen LogP contribution >= 0.6 is 11.5 Å². The monoisotopic (exact) mass is 295 g/mol. The van der Waals surface area contributed by atoms with E-state index in [2.05, 4.69) is 21.8 Å². The summed E-state index contributed by atoms with van der Waals surface area (Å²) in [6.45, 7) is 2.10. The molecule has 0 fully saturated rings. The van der Waals surface area contributed by atoms with Gasteiger partial charge in [-0.05, 0) is 42.7 Å². The van der Waals surface area contributed by atoms with Crippen LogP contribution in [0.3, 0.4) is 0 Å². The molecule has 1 unspecified atom stereocenters. The van der Waals surface area contributed by atoms with Crippen molar-refractivity contribution in [2.24, 2.45) is 0 Å². The Morgan fingerprint density at radius 2 is 2.25 bits per heavy atom. The highest BCUT2D eigenvalue weighted by molar-refractivity contribution is 7.05. The summed E-state index contributed by atoms with van der Waals surface area (Å²) >= 11 is 1.36. The molecular weight excluding hydrogens is 277 g/mol. The zero-order chi connectivity index (χ0) is 14.5. The van der Waals surface area contributed by atoms with Crippen LogP contribution < -0.4 is 10.1 Å². The Morgan fingerprint density at radius 1 is 1.45 bits per heavy atom. The molecule has 4 nitrogen and oxygen atoms in total. The molecule has 2 aromatic rings. The molecule has 108 valence electrons.